The standard InChI is InChI=1S/C23H22FN5O2/c1-14-15(6-3-7-18(14)24)19-16(20(30)22-25-8-4-9-26-22)12-29(2)13-17(19)21(31)23-27-10-5-11-28-23/h3-11,16-17,19H,12-13H2,1-2H3/t16-,17+,19?. The van der Waals surface area contributed by atoms with E-state index in [1.807, 2.05) is 11.9 Å². The van der Waals surface area contributed by atoms with Gasteiger partial charge in [-0.15, -0.1) is 0 Å². The first kappa shape index (κ1) is 20.9. The third-order valence-electron chi connectivity index (χ3n) is 5.80. The molecule has 3 heterocycles. The molecular formula is C23H22FN5O2. The van der Waals surface area contributed by atoms with Crippen molar-refractivity contribution in [1.29, 1.82) is 0 Å². The van der Waals surface area contributed by atoms with Gasteiger partial charge in [0.25, 0.3) is 0 Å². The number of rotatable bonds is 5. The number of hydrogen-bond acceptors (Lipinski definition) is 7. The second-order valence-corrected chi connectivity index (χ2v) is 7.79. The highest BCUT2D eigenvalue weighted by Gasteiger charge is 2.45. The van der Waals surface area contributed by atoms with Crippen LogP contribution in [0.5, 0.6) is 0 Å². The molecule has 0 N–H and O–H groups in total. The molecule has 8 heteroatoms. The van der Waals surface area contributed by atoms with Crippen molar-refractivity contribution in [2.75, 3.05) is 20.1 Å². The predicted octanol–water partition coefficient (Wildman–Crippen LogP) is 2.74. The fraction of sp³-hybridized carbons (Fsp3) is 0.304. The molecule has 0 aliphatic carbocycles. The molecule has 1 saturated heterocycles. The Bertz CT molecular complexity index is 1030. The highest BCUT2D eigenvalue weighted by molar-refractivity contribution is 5.99. The smallest absolute Gasteiger partial charge is 0.205 e. The summed E-state index contributed by atoms with van der Waals surface area (Å²) in [4.78, 5) is 45.3. The van der Waals surface area contributed by atoms with Crippen LogP contribution >= 0.6 is 0 Å². The van der Waals surface area contributed by atoms with Crippen molar-refractivity contribution in [2.45, 2.75) is 12.8 Å². The van der Waals surface area contributed by atoms with Crippen LogP contribution in [0, 0.1) is 24.6 Å². The van der Waals surface area contributed by atoms with Gasteiger partial charge in [-0.2, -0.15) is 0 Å². The van der Waals surface area contributed by atoms with Gasteiger partial charge in [0.2, 0.25) is 11.6 Å². The van der Waals surface area contributed by atoms with Crippen LogP contribution in [0.1, 0.15) is 38.3 Å². The largest absolute Gasteiger partial charge is 0.305 e. The molecule has 7 nitrogen and oxygen atoms in total. The van der Waals surface area contributed by atoms with E-state index < -0.39 is 17.8 Å². The molecule has 0 radical (unpaired) electrons. The summed E-state index contributed by atoms with van der Waals surface area (Å²) >= 11 is 0. The molecular weight excluding hydrogens is 397 g/mol. The minimum atomic E-state index is -0.626. The average Bonchev–Trinajstić information content (AvgIpc) is 2.81. The van der Waals surface area contributed by atoms with E-state index in [-0.39, 0.29) is 29.0 Å². The van der Waals surface area contributed by atoms with E-state index in [2.05, 4.69) is 19.9 Å². The zero-order chi connectivity index (χ0) is 22.0. The molecule has 3 atom stereocenters. The number of ketones is 2. The van der Waals surface area contributed by atoms with Crippen molar-refractivity contribution in [1.82, 2.24) is 24.8 Å². The summed E-state index contributed by atoms with van der Waals surface area (Å²) in [6.07, 6.45) is 6.04. The number of halogens is 1. The monoisotopic (exact) mass is 419 g/mol. The van der Waals surface area contributed by atoms with Crippen molar-refractivity contribution in [3.63, 3.8) is 0 Å². The van der Waals surface area contributed by atoms with Gasteiger partial charge in [0.05, 0.1) is 0 Å². The zero-order valence-corrected chi connectivity index (χ0v) is 17.3. The van der Waals surface area contributed by atoms with Crippen LogP contribution in [0.3, 0.4) is 0 Å². The average molecular weight is 419 g/mol. The molecule has 0 saturated carbocycles. The molecule has 4 rings (SSSR count). The summed E-state index contributed by atoms with van der Waals surface area (Å²) in [7, 11) is 1.85. The lowest BCUT2D eigenvalue weighted by Crippen LogP contribution is -2.49. The third-order valence-corrected chi connectivity index (χ3v) is 5.80. The van der Waals surface area contributed by atoms with Crippen LogP contribution in [-0.2, 0) is 0 Å². The minimum Gasteiger partial charge on any atom is -0.305 e. The number of carbonyl (C=O) groups is 2. The quantitative estimate of drug-likeness (QED) is 0.588. The minimum absolute atomic E-state index is 0.0871. The van der Waals surface area contributed by atoms with Crippen molar-refractivity contribution in [3.05, 3.63) is 83.7 Å². The maximum atomic E-state index is 14.5. The van der Waals surface area contributed by atoms with E-state index in [0.717, 1.165) is 0 Å². The van der Waals surface area contributed by atoms with E-state index in [1.54, 1.807) is 31.2 Å². The summed E-state index contributed by atoms with van der Waals surface area (Å²) in [6, 6.07) is 8.04. The number of nitrogens with zero attached hydrogens (tertiary/aromatic N) is 5. The van der Waals surface area contributed by atoms with Gasteiger partial charge >= 0.3 is 0 Å². The number of benzene rings is 1. The first-order chi connectivity index (χ1) is 15.0. The van der Waals surface area contributed by atoms with Crippen molar-refractivity contribution in [2.24, 2.45) is 11.8 Å². The molecule has 0 spiro atoms. The second kappa shape index (κ2) is 8.77. The maximum Gasteiger partial charge on any atom is 0.205 e. The van der Waals surface area contributed by atoms with Gasteiger partial charge < -0.3 is 4.90 Å². The Labute approximate surface area is 179 Å². The van der Waals surface area contributed by atoms with Gasteiger partial charge in [0.15, 0.2) is 11.6 Å². The summed E-state index contributed by atoms with van der Waals surface area (Å²) in [5, 5.41) is 0. The lowest BCUT2D eigenvalue weighted by Gasteiger charge is -2.41. The molecule has 31 heavy (non-hydrogen) atoms. The summed E-state index contributed by atoms with van der Waals surface area (Å²) in [6.45, 7) is 2.47. The van der Waals surface area contributed by atoms with E-state index in [9.17, 15) is 14.0 Å². The maximum absolute atomic E-state index is 14.5. The van der Waals surface area contributed by atoms with Gasteiger partial charge in [-0.05, 0) is 43.3 Å². The number of piperidine rings is 1. The Kier molecular flexibility index (Phi) is 5.90. The zero-order valence-electron chi connectivity index (χ0n) is 17.3. The Hall–Kier alpha value is -3.39. The number of aromatic nitrogens is 4. The molecule has 0 bridgehead atoms. The van der Waals surface area contributed by atoms with Gasteiger partial charge in [0, 0.05) is 55.6 Å². The van der Waals surface area contributed by atoms with Crippen molar-refractivity contribution < 1.29 is 14.0 Å². The summed E-state index contributed by atoms with van der Waals surface area (Å²) in [5.41, 5.74) is 1.06. The van der Waals surface area contributed by atoms with Gasteiger partial charge in [0.1, 0.15) is 5.82 Å². The first-order valence-electron chi connectivity index (χ1n) is 10.0. The Morgan fingerprint density at radius 1 is 0.871 bits per heavy atom. The fourth-order valence-corrected chi connectivity index (χ4v) is 4.35. The second-order valence-electron chi connectivity index (χ2n) is 7.79. The van der Waals surface area contributed by atoms with E-state index in [1.165, 1.54) is 30.9 Å². The third kappa shape index (κ3) is 4.11. The Morgan fingerprint density at radius 2 is 1.35 bits per heavy atom. The Balaban J connectivity index is 1.83. The normalized spacial score (nSPS) is 21.6. The molecule has 1 aromatic carbocycles. The fourth-order valence-electron chi connectivity index (χ4n) is 4.35. The lowest BCUT2D eigenvalue weighted by molar-refractivity contribution is 0.0611. The lowest BCUT2D eigenvalue weighted by atomic mass is 9.69. The SMILES string of the molecule is Cc1c(F)cccc1C1[C@@H](C(=O)c2ncccn2)CN(C)C[C@H]1C(=O)c1ncccn1. The predicted molar refractivity (Wildman–Crippen MR) is 111 cm³/mol. The molecule has 1 unspecified atom stereocenters. The molecule has 2 aromatic heterocycles. The molecule has 158 valence electrons. The van der Waals surface area contributed by atoms with Crippen LogP contribution in [0.15, 0.2) is 55.1 Å². The van der Waals surface area contributed by atoms with Crippen LogP contribution in [0.2, 0.25) is 0 Å². The van der Waals surface area contributed by atoms with Gasteiger partial charge in [-0.25, -0.2) is 24.3 Å². The van der Waals surface area contributed by atoms with Crippen molar-refractivity contribution in [3.8, 4) is 0 Å². The highest BCUT2D eigenvalue weighted by Crippen LogP contribution is 2.41. The first-order valence-corrected chi connectivity index (χ1v) is 10.0. The topological polar surface area (TPSA) is 88.9 Å². The van der Waals surface area contributed by atoms with Crippen LogP contribution in [0.4, 0.5) is 4.39 Å². The van der Waals surface area contributed by atoms with Crippen LogP contribution in [-0.4, -0.2) is 56.5 Å². The molecule has 1 aliphatic heterocycles. The number of hydrogen-bond donors (Lipinski definition) is 0. The van der Waals surface area contributed by atoms with E-state index >= 15 is 0 Å². The summed E-state index contributed by atoms with van der Waals surface area (Å²) in [5.74, 6) is -2.55. The van der Waals surface area contributed by atoms with Crippen LogP contribution < -0.4 is 0 Å². The van der Waals surface area contributed by atoms with Crippen LogP contribution in [0.25, 0.3) is 0 Å². The number of Topliss-reactive ketones (excluding diaryl/α,β-unsaturated/α-hetero) is 2. The van der Waals surface area contributed by atoms with E-state index in [4.69, 9.17) is 0 Å². The molecule has 0 amide bonds. The van der Waals surface area contributed by atoms with E-state index in [0.29, 0.717) is 24.2 Å². The molecule has 1 aliphatic rings. The number of carbonyl (C=O) groups excluding carboxylic acids is 2. The van der Waals surface area contributed by atoms with Gasteiger partial charge in [-0.1, -0.05) is 12.1 Å². The summed E-state index contributed by atoms with van der Waals surface area (Å²) < 4.78 is 14.5. The molecule has 3 aromatic rings. The number of likely N-dealkylation sites (tertiary alicyclic amines) is 1. The van der Waals surface area contributed by atoms with Crippen molar-refractivity contribution >= 4 is 11.6 Å². The Morgan fingerprint density at radius 3 is 1.84 bits per heavy atom. The molecule has 1 fully saturated rings. The van der Waals surface area contributed by atoms with Gasteiger partial charge in [-0.3, -0.25) is 9.59 Å². The highest BCUT2D eigenvalue weighted by atomic mass is 19.1.